The number of para-hydroxylation sites is 1. The zero-order valence-corrected chi connectivity index (χ0v) is 18.3. The van der Waals surface area contributed by atoms with Gasteiger partial charge < -0.3 is 19.7 Å². The number of rotatable bonds is 7. The van der Waals surface area contributed by atoms with Crippen LogP contribution in [0.4, 0.5) is 5.82 Å². The molecule has 34 heavy (non-hydrogen) atoms. The number of fused-ring (bicyclic) bond motifs is 1. The first kappa shape index (κ1) is 21.3. The monoisotopic (exact) mass is 454 g/mol. The predicted molar refractivity (Wildman–Crippen MR) is 126 cm³/mol. The van der Waals surface area contributed by atoms with Crippen molar-refractivity contribution in [1.29, 1.82) is 5.26 Å². The zero-order chi connectivity index (χ0) is 23.3. The van der Waals surface area contributed by atoms with E-state index in [9.17, 15) is 4.79 Å². The fraction of sp³-hybridized carbons (Fsp3) is 0.200. The minimum Gasteiger partial charge on any atom is -0.457 e. The molecule has 1 aliphatic rings. The smallest absolute Gasteiger partial charge is 0.236 e. The van der Waals surface area contributed by atoms with E-state index in [-0.39, 0.29) is 18.4 Å². The number of nitriles is 1. The van der Waals surface area contributed by atoms with Gasteiger partial charge in [0.2, 0.25) is 5.91 Å². The van der Waals surface area contributed by atoms with Crippen LogP contribution in [0.5, 0.6) is 23.0 Å². The van der Waals surface area contributed by atoms with E-state index < -0.39 is 0 Å². The minimum atomic E-state index is -0.149. The lowest BCUT2D eigenvalue weighted by atomic mass is 10.2. The van der Waals surface area contributed by atoms with Gasteiger partial charge in [-0.25, -0.2) is 4.98 Å². The van der Waals surface area contributed by atoms with Gasteiger partial charge in [-0.1, -0.05) is 18.2 Å². The summed E-state index contributed by atoms with van der Waals surface area (Å²) in [6.45, 7) is 1.13. The molecule has 2 N–H and O–H groups in total. The van der Waals surface area contributed by atoms with Crippen LogP contribution < -0.4 is 14.8 Å². The second-order valence-corrected chi connectivity index (χ2v) is 7.90. The lowest BCUT2D eigenvalue weighted by Crippen LogP contribution is -2.31. The van der Waals surface area contributed by atoms with Gasteiger partial charge in [0.15, 0.2) is 11.5 Å². The van der Waals surface area contributed by atoms with Crippen LogP contribution in [0.1, 0.15) is 12.8 Å². The summed E-state index contributed by atoms with van der Waals surface area (Å²) < 4.78 is 12.0. The highest BCUT2D eigenvalue weighted by Crippen LogP contribution is 2.34. The molecule has 9 nitrogen and oxygen atoms in total. The van der Waals surface area contributed by atoms with Gasteiger partial charge in [-0.3, -0.25) is 9.89 Å². The molecule has 1 amide bonds. The molecular formula is C25H22N6O3. The number of nitrogens with zero attached hydrogens (tertiary/aromatic N) is 4. The van der Waals surface area contributed by atoms with Crippen molar-refractivity contribution in [2.24, 2.45) is 0 Å². The van der Waals surface area contributed by atoms with E-state index in [0.717, 1.165) is 17.6 Å². The Hall–Kier alpha value is -4.58. The number of carbonyl (C=O) groups excluding carboxylic acids is 1. The predicted octanol–water partition coefficient (Wildman–Crippen LogP) is 4.47. The number of aromatic nitrogens is 3. The maximum Gasteiger partial charge on any atom is 0.236 e. The first-order valence-electron chi connectivity index (χ1n) is 10.9. The van der Waals surface area contributed by atoms with Crippen LogP contribution in [-0.4, -0.2) is 45.1 Å². The molecule has 0 aliphatic carbocycles. The molecule has 0 bridgehead atoms. The van der Waals surface area contributed by atoms with E-state index >= 15 is 0 Å². The van der Waals surface area contributed by atoms with Crippen LogP contribution in [0.2, 0.25) is 0 Å². The quantitative estimate of drug-likeness (QED) is 0.423. The summed E-state index contributed by atoms with van der Waals surface area (Å²) in [6.07, 6.45) is 2.32. The molecule has 0 saturated carbocycles. The molecule has 1 aliphatic heterocycles. The topological polar surface area (TPSA) is 116 Å². The van der Waals surface area contributed by atoms with E-state index in [1.54, 1.807) is 17.2 Å². The van der Waals surface area contributed by atoms with Gasteiger partial charge in [-0.05, 0) is 42.8 Å². The van der Waals surface area contributed by atoms with Gasteiger partial charge in [0, 0.05) is 31.4 Å². The number of pyridine rings is 1. The van der Waals surface area contributed by atoms with E-state index in [4.69, 9.17) is 14.7 Å². The number of carbonyl (C=O) groups is 1. The first-order valence-corrected chi connectivity index (χ1v) is 10.9. The van der Waals surface area contributed by atoms with Gasteiger partial charge >= 0.3 is 0 Å². The number of aromatic amines is 1. The number of hydrogen-bond acceptors (Lipinski definition) is 7. The molecule has 2 aromatic heterocycles. The van der Waals surface area contributed by atoms with Crippen molar-refractivity contribution in [2.75, 3.05) is 18.4 Å². The summed E-state index contributed by atoms with van der Waals surface area (Å²) >= 11 is 0. The van der Waals surface area contributed by atoms with Crippen LogP contribution in [0.25, 0.3) is 11.0 Å². The fourth-order valence-electron chi connectivity index (χ4n) is 3.92. The van der Waals surface area contributed by atoms with E-state index in [1.165, 1.54) is 0 Å². The van der Waals surface area contributed by atoms with Crippen molar-refractivity contribution in [2.45, 2.75) is 18.9 Å². The number of H-pyrrole nitrogens is 1. The Morgan fingerprint density at radius 2 is 1.82 bits per heavy atom. The summed E-state index contributed by atoms with van der Waals surface area (Å²) in [6, 6.07) is 20.7. The van der Waals surface area contributed by atoms with Crippen molar-refractivity contribution < 1.29 is 14.3 Å². The Morgan fingerprint density at radius 1 is 1.09 bits per heavy atom. The number of amides is 1. The summed E-state index contributed by atoms with van der Waals surface area (Å²) in [7, 11) is 0. The third-order valence-electron chi connectivity index (χ3n) is 5.57. The minimum absolute atomic E-state index is 0.0246. The SMILES string of the molecule is N#CCC(=O)N1CC[C@@H](Nc2n[nH]c3nccc(Oc4ccc(Oc5ccccc5)cc4)c23)C1. The molecule has 1 atom stereocenters. The Balaban J connectivity index is 1.30. The van der Waals surface area contributed by atoms with Crippen molar-refractivity contribution in [3.63, 3.8) is 0 Å². The molecule has 1 saturated heterocycles. The van der Waals surface area contributed by atoms with Crippen molar-refractivity contribution in [3.8, 4) is 29.1 Å². The van der Waals surface area contributed by atoms with E-state index in [2.05, 4.69) is 20.5 Å². The number of likely N-dealkylation sites (tertiary alicyclic amines) is 1. The molecule has 0 radical (unpaired) electrons. The molecule has 0 unspecified atom stereocenters. The van der Waals surface area contributed by atoms with Gasteiger partial charge in [0.25, 0.3) is 0 Å². The number of benzene rings is 2. The summed E-state index contributed by atoms with van der Waals surface area (Å²) in [5, 5.41) is 20.2. The molecule has 170 valence electrons. The van der Waals surface area contributed by atoms with Gasteiger partial charge in [0.1, 0.15) is 34.8 Å². The Kier molecular flexibility index (Phi) is 5.95. The number of ether oxygens (including phenoxy) is 2. The second kappa shape index (κ2) is 9.50. The van der Waals surface area contributed by atoms with Gasteiger partial charge in [0.05, 0.1) is 6.07 Å². The van der Waals surface area contributed by atoms with Crippen molar-refractivity contribution in [1.82, 2.24) is 20.1 Å². The van der Waals surface area contributed by atoms with Gasteiger partial charge in [-0.15, -0.1) is 0 Å². The lowest BCUT2D eigenvalue weighted by molar-refractivity contribution is -0.129. The Bertz CT molecular complexity index is 1330. The summed E-state index contributed by atoms with van der Waals surface area (Å²) in [5.74, 6) is 3.19. The third kappa shape index (κ3) is 4.61. The number of nitrogens with one attached hydrogen (secondary N) is 2. The Morgan fingerprint density at radius 3 is 2.59 bits per heavy atom. The molecule has 5 rings (SSSR count). The van der Waals surface area contributed by atoms with E-state index in [1.807, 2.05) is 60.7 Å². The van der Waals surface area contributed by atoms with Crippen LogP contribution in [-0.2, 0) is 4.79 Å². The lowest BCUT2D eigenvalue weighted by Gasteiger charge is -2.16. The van der Waals surface area contributed by atoms with Crippen LogP contribution in [0, 0.1) is 11.3 Å². The maximum absolute atomic E-state index is 12.0. The largest absolute Gasteiger partial charge is 0.457 e. The molecule has 1 fully saturated rings. The Labute approximate surface area is 195 Å². The third-order valence-corrected chi connectivity index (χ3v) is 5.57. The highest BCUT2D eigenvalue weighted by molar-refractivity contribution is 5.93. The second-order valence-electron chi connectivity index (χ2n) is 7.90. The standard InChI is InChI=1S/C25H22N6O3/c26-13-10-22(32)31-15-12-17(16-31)28-25-23-21(11-14-27-24(23)29-30-25)34-20-8-6-19(7-9-20)33-18-4-2-1-3-5-18/h1-9,11,14,17H,10,12,15-16H2,(H2,27,28,29,30)/t17-/m1/s1. The number of hydrogen-bond donors (Lipinski definition) is 2. The van der Waals surface area contributed by atoms with Crippen LogP contribution in [0.3, 0.4) is 0 Å². The summed E-state index contributed by atoms with van der Waals surface area (Å²) in [5.41, 5.74) is 0.597. The average Bonchev–Trinajstić information content (AvgIpc) is 3.50. The maximum atomic E-state index is 12.0. The fourth-order valence-corrected chi connectivity index (χ4v) is 3.92. The molecule has 0 spiro atoms. The van der Waals surface area contributed by atoms with Gasteiger partial charge in [-0.2, -0.15) is 10.4 Å². The molecule has 3 heterocycles. The molecule has 4 aromatic rings. The summed E-state index contributed by atoms with van der Waals surface area (Å²) in [4.78, 5) is 18.1. The first-order chi connectivity index (χ1) is 16.7. The van der Waals surface area contributed by atoms with Crippen LogP contribution in [0.15, 0.2) is 66.9 Å². The highest BCUT2D eigenvalue weighted by atomic mass is 16.5. The normalized spacial score (nSPS) is 15.1. The van der Waals surface area contributed by atoms with Crippen molar-refractivity contribution >= 4 is 22.8 Å². The molecule has 9 heteroatoms. The average molecular weight is 454 g/mol. The van der Waals surface area contributed by atoms with Crippen molar-refractivity contribution in [3.05, 3.63) is 66.9 Å². The zero-order valence-electron chi connectivity index (χ0n) is 18.3. The molecular weight excluding hydrogens is 432 g/mol. The van der Waals surface area contributed by atoms with Crippen LogP contribution >= 0.6 is 0 Å². The molecule has 2 aromatic carbocycles. The van der Waals surface area contributed by atoms with E-state index in [0.29, 0.717) is 41.8 Å². The number of anilines is 1. The highest BCUT2D eigenvalue weighted by Gasteiger charge is 2.27.